The van der Waals surface area contributed by atoms with E-state index in [2.05, 4.69) is 26.2 Å². The Hall–Kier alpha value is -4.25. The van der Waals surface area contributed by atoms with Crippen LogP contribution in [0.25, 0.3) is 0 Å². The molecule has 0 radical (unpaired) electrons. The molecule has 1 aliphatic heterocycles. The quantitative estimate of drug-likeness (QED) is 0.681. The van der Waals surface area contributed by atoms with E-state index in [0.717, 1.165) is 16.8 Å². The Labute approximate surface area is 178 Å². The first kappa shape index (κ1) is 18.8. The van der Waals surface area contributed by atoms with Crippen molar-refractivity contribution in [3.8, 4) is 6.07 Å². The zero-order chi connectivity index (χ0) is 21.4. The van der Waals surface area contributed by atoms with E-state index in [4.69, 9.17) is 5.73 Å². The van der Waals surface area contributed by atoms with Gasteiger partial charge in [-0.2, -0.15) is 15.3 Å². The van der Waals surface area contributed by atoms with Crippen molar-refractivity contribution in [2.75, 3.05) is 4.90 Å². The lowest BCUT2D eigenvalue weighted by atomic mass is 9.72. The number of nitriles is 1. The molecule has 152 valence electrons. The number of carbonyl (C=O) groups is 1. The number of aromatic nitrogens is 4. The minimum absolute atomic E-state index is 0.00357. The normalized spacial score (nSPS) is 21.1. The number of Topliss-reactive ketones (excluding diaryl/α,β-unsaturated/α-hetero) is 1. The Bertz CT molecular complexity index is 1220. The summed E-state index contributed by atoms with van der Waals surface area (Å²) in [6, 6.07) is 15.9. The Kier molecular flexibility index (Phi) is 4.56. The predicted molar refractivity (Wildman–Crippen MR) is 113 cm³/mol. The van der Waals surface area contributed by atoms with Crippen LogP contribution in [-0.2, 0) is 4.79 Å². The van der Waals surface area contributed by atoms with Crippen molar-refractivity contribution in [3.63, 3.8) is 0 Å². The third-order valence-electron chi connectivity index (χ3n) is 5.87. The number of pyridine rings is 1. The number of carbonyl (C=O) groups excluding carboxylic acids is 1. The van der Waals surface area contributed by atoms with Crippen LogP contribution in [-0.4, -0.2) is 25.9 Å². The summed E-state index contributed by atoms with van der Waals surface area (Å²) in [4.78, 5) is 23.7. The van der Waals surface area contributed by atoms with Gasteiger partial charge in [-0.15, -0.1) is 0 Å². The third-order valence-corrected chi connectivity index (χ3v) is 5.87. The van der Waals surface area contributed by atoms with E-state index in [1.165, 1.54) is 6.33 Å². The second-order valence-electron chi connectivity index (χ2n) is 7.57. The highest BCUT2D eigenvalue weighted by atomic mass is 16.1. The lowest BCUT2D eigenvalue weighted by molar-refractivity contribution is -0.116. The van der Waals surface area contributed by atoms with Gasteiger partial charge in [0.05, 0.1) is 17.6 Å². The first-order chi connectivity index (χ1) is 15.2. The topological polar surface area (TPSA) is 125 Å². The van der Waals surface area contributed by atoms with E-state index in [-0.39, 0.29) is 17.5 Å². The zero-order valence-electron chi connectivity index (χ0n) is 16.6. The number of hydrogen-bond acceptors (Lipinski definition) is 7. The highest BCUT2D eigenvalue weighted by molar-refractivity contribution is 6.01. The minimum atomic E-state index is -0.558. The largest absolute Gasteiger partial charge is 0.384 e. The van der Waals surface area contributed by atoms with Gasteiger partial charge in [-0.05, 0) is 29.5 Å². The SMILES string of the molecule is N#CC1=C(N)N(c2ncn[nH]2)C2=C(C(=O)C[C@H](c3ccccc3)C2)[C@H]1c1cccnc1. The number of rotatable bonds is 3. The van der Waals surface area contributed by atoms with Gasteiger partial charge in [-0.3, -0.25) is 14.7 Å². The fraction of sp³-hybridized carbons (Fsp3) is 0.174. The fourth-order valence-corrected chi connectivity index (χ4v) is 4.52. The van der Waals surface area contributed by atoms with Gasteiger partial charge in [-0.1, -0.05) is 36.4 Å². The van der Waals surface area contributed by atoms with E-state index in [9.17, 15) is 10.1 Å². The molecule has 2 atom stereocenters. The number of anilines is 1. The maximum absolute atomic E-state index is 13.6. The van der Waals surface area contributed by atoms with Gasteiger partial charge >= 0.3 is 0 Å². The van der Waals surface area contributed by atoms with Crippen LogP contribution in [0.15, 0.2) is 83.8 Å². The van der Waals surface area contributed by atoms with Gasteiger partial charge in [0.2, 0.25) is 5.95 Å². The number of nitrogens with two attached hydrogens (primary N) is 1. The summed E-state index contributed by atoms with van der Waals surface area (Å²) in [6.07, 6.45) is 5.67. The second kappa shape index (κ2) is 7.54. The predicted octanol–water partition coefficient (Wildman–Crippen LogP) is 2.90. The van der Waals surface area contributed by atoms with E-state index < -0.39 is 5.92 Å². The molecule has 2 aliphatic rings. The van der Waals surface area contributed by atoms with Gasteiger partial charge in [-0.25, -0.2) is 5.10 Å². The monoisotopic (exact) mass is 409 g/mol. The van der Waals surface area contributed by atoms with Crippen molar-refractivity contribution in [1.29, 1.82) is 5.26 Å². The number of allylic oxidation sites excluding steroid dienone is 3. The van der Waals surface area contributed by atoms with Crippen molar-refractivity contribution in [2.45, 2.75) is 24.7 Å². The van der Waals surface area contributed by atoms with Crippen molar-refractivity contribution in [3.05, 3.63) is 95.0 Å². The average molecular weight is 409 g/mol. The molecule has 1 aromatic carbocycles. The molecule has 0 saturated carbocycles. The van der Waals surface area contributed by atoms with Crippen LogP contribution in [0.4, 0.5) is 5.95 Å². The van der Waals surface area contributed by atoms with Crippen LogP contribution in [0, 0.1) is 11.3 Å². The number of nitrogens with one attached hydrogen (secondary N) is 1. The molecule has 3 aromatic rings. The molecule has 0 spiro atoms. The molecule has 0 saturated heterocycles. The standard InChI is InChI=1S/C23H19N7O/c24-11-17-20(15-7-4-8-26-12-15)21-18(30(22(17)25)23-27-13-28-29-23)9-16(10-19(21)31)14-5-2-1-3-6-14/h1-8,12-13,16,20H,9-10,25H2,(H,27,28,29)/t16-,20+/m1/s1. The molecule has 31 heavy (non-hydrogen) atoms. The maximum Gasteiger partial charge on any atom is 0.231 e. The summed E-state index contributed by atoms with van der Waals surface area (Å²) >= 11 is 0. The summed E-state index contributed by atoms with van der Waals surface area (Å²) in [7, 11) is 0. The van der Waals surface area contributed by atoms with E-state index in [0.29, 0.717) is 29.9 Å². The zero-order valence-corrected chi connectivity index (χ0v) is 16.6. The van der Waals surface area contributed by atoms with E-state index in [1.54, 1.807) is 23.4 Å². The summed E-state index contributed by atoms with van der Waals surface area (Å²) in [5.41, 5.74) is 9.99. The number of nitrogens with zero attached hydrogens (tertiary/aromatic N) is 5. The highest BCUT2D eigenvalue weighted by Gasteiger charge is 2.43. The van der Waals surface area contributed by atoms with Gasteiger partial charge in [0.15, 0.2) is 5.78 Å². The molecular formula is C23H19N7O. The smallest absolute Gasteiger partial charge is 0.231 e. The molecule has 0 amide bonds. The van der Waals surface area contributed by atoms with Gasteiger partial charge in [0.25, 0.3) is 0 Å². The molecule has 8 nitrogen and oxygen atoms in total. The molecule has 8 heteroatoms. The summed E-state index contributed by atoms with van der Waals surface area (Å²) in [5, 5.41) is 16.8. The second-order valence-corrected chi connectivity index (χ2v) is 7.57. The first-order valence-corrected chi connectivity index (χ1v) is 9.95. The van der Waals surface area contributed by atoms with Gasteiger partial charge in [0.1, 0.15) is 12.1 Å². The minimum Gasteiger partial charge on any atom is -0.384 e. The Balaban J connectivity index is 1.71. The maximum atomic E-state index is 13.6. The molecule has 1 aliphatic carbocycles. The van der Waals surface area contributed by atoms with Crippen molar-refractivity contribution >= 4 is 11.7 Å². The van der Waals surface area contributed by atoms with Gasteiger partial charge < -0.3 is 5.73 Å². The van der Waals surface area contributed by atoms with Crippen LogP contribution in [0.1, 0.15) is 35.8 Å². The van der Waals surface area contributed by atoms with E-state index in [1.807, 2.05) is 36.4 Å². The van der Waals surface area contributed by atoms with Crippen LogP contribution >= 0.6 is 0 Å². The number of ketones is 1. The van der Waals surface area contributed by atoms with Gasteiger partial charge in [0, 0.05) is 30.1 Å². The average Bonchev–Trinajstić information content (AvgIpc) is 3.33. The lowest BCUT2D eigenvalue weighted by Crippen LogP contribution is -2.40. The molecule has 2 aromatic heterocycles. The number of H-pyrrole nitrogens is 1. The summed E-state index contributed by atoms with van der Waals surface area (Å²) in [6.45, 7) is 0. The van der Waals surface area contributed by atoms with Crippen molar-refractivity contribution in [2.24, 2.45) is 5.73 Å². The van der Waals surface area contributed by atoms with E-state index >= 15 is 0 Å². The van der Waals surface area contributed by atoms with Crippen molar-refractivity contribution < 1.29 is 4.79 Å². The Morgan fingerprint density at radius 2 is 1.94 bits per heavy atom. The van der Waals surface area contributed by atoms with Crippen LogP contribution in [0.5, 0.6) is 0 Å². The first-order valence-electron chi connectivity index (χ1n) is 9.95. The Morgan fingerprint density at radius 1 is 1.13 bits per heavy atom. The van der Waals surface area contributed by atoms with Crippen LogP contribution in [0.3, 0.4) is 0 Å². The van der Waals surface area contributed by atoms with Crippen LogP contribution in [0.2, 0.25) is 0 Å². The lowest BCUT2D eigenvalue weighted by Gasteiger charge is -2.40. The molecule has 0 unspecified atom stereocenters. The highest BCUT2D eigenvalue weighted by Crippen LogP contribution is 2.48. The molecule has 3 N–H and O–H groups in total. The Morgan fingerprint density at radius 3 is 2.61 bits per heavy atom. The summed E-state index contributed by atoms with van der Waals surface area (Å²) < 4.78 is 0. The molecule has 0 fully saturated rings. The molecule has 3 heterocycles. The summed E-state index contributed by atoms with van der Waals surface area (Å²) in [5.74, 6) is 0.0620. The molecular weight excluding hydrogens is 390 g/mol. The van der Waals surface area contributed by atoms with Crippen molar-refractivity contribution in [1.82, 2.24) is 20.2 Å². The third kappa shape index (κ3) is 3.07. The fourth-order valence-electron chi connectivity index (χ4n) is 4.52. The molecule has 5 rings (SSSR count). The number of benzene rings is 1. The van der Waals surface area contributed by atoms with Crippen LogP contribution < -0.4 is 10.6 Å². The number of hydrogen-bond donors (Lipinski definition) is 2. The molecule has 0 bridgehead atoms. The number of aromatic amines is 1.